The van der Waals surface area contributed by atoms with Crippen LogP contribution in [0.1, 0.15) is 11.1 Å². The van der Waals surface area contributed by atoms with Crippen molar-refractivity contribution in [2.24, 2.45) is 10.8 Å². The van der Waals surface area contributed by atoms with Crippen molar-refractivity contribution in [2.75, 3.05) is 7.11 Å². The molecule has 2 aromatic rings. The number of amides is 2. The molecule has 0 aliphatic heterocycles. The molecule has 2 amide bonds. The third-order valence-corrected chi connectivity index (χ3v) is 3.00. The molecule has 0 heterocycles. The SMILES string of the molecule is COc1cc(/C=N\NC(N)=O)ccc1OC(=O)/C=C/c1ccccc1. The zero-order chi connectivity index (χ0) is 18.1. The Morgan fingerprint density at radius 2 is 1.84 bits per heavy atom. The fourth-order valence-electron chi connectivity index (χ4n) is 1.89. The summed E-state index contributed by atoms with van der Waals surface area (Å²) in [6.45, 7) is 0. The van der Waals surface area contributed by atoms with E-state index in [1.165, 1.54) is 19.4 Å². The number of ether oxygens (including phenoxy) is 2. The monoisotopic (exact) mass is 339 g/mol. The highest BCUT2D eigenvalue weighted by Crippen LogP contribution is 2.27. The number of hydrazone groups is 1. The number of rotatable bonds is 6. The maximum Gasteiger partial charge on any atom is 0.336 e. The lowest BCUT2D eigenvalue weighted by Gasteiger charge is -2.08. The van der Waals surface area contributed by atoms with Crippen molar-refractivity contribution in [1.82, 2.24) is 5.43 Å². The number of urea groups is 1. The summed E-state index contributed by atoms with van der Waals surface area (Å²) >= 11 is 0. The van der Waals surface area contributed by atoms with Gasteiger partial charge in [-0.05, 0) is 35.4 Å². The summed E-state index contributed by atoms with van der Waals surface area (Å²) in [4.78, 5) is 22.5. The molecule has 0 atom stereocenters. The van der Waals surface area contributed by atoms with Gasteiger partial charge >= 0.3 is 12.0 Å². The van der Waals surface area contributed by atoms with E-state index in [0.717, 1.165) is 5.56 Å². The van der Waals surface area contributed by atoms with Gasteiger partial charge in [0.2, 0.25) is 0 Å². The first-order valence-electron chi connectivity index (χ1n) is 7.30. The zero-order valence-electron chi connectivity index (χ0n) is 13.5. The minimum Gasteiger partial charge on any atom is -0.493 e. The van der Waals surface area contributed by atoms with Gasteiger partial charge in [-0.1, -0.05) is 30.3 Å². The third kappa shape index (κ3) is 5.83. The quantitative estimate of drug-likeness (QED) is 0.277. The van der Waals surface area contributed by atoms with Crippen LogP contribution in [0.3, 0.4) is 0 Å². The minimum absolute atomic E-state index is 0.269. The van der Waals surface area contributed by atoms with E-state index >= 15 is 0 Å². The number of nitrogens with zero attached hydrogens (tertiary/aromatic N) is 1. The highest BCUT2D eigenvalue weighted by atomic mass is 16.6. The molecule has 0 aliphatic carbocycles. The first kappa shape index (κ1) is 17.7. The van der Waals surface area contributed by atoms with Gasteiger partial charge in [-0.15, -0.1) is 0 Å². The van der Waals surface area contributed by atoms with Gasteiger partial charge in [0.05, 0.1) is 13.3 Å². The lowest BCUT2D eigenvalue weighted by atomic mass is 10.2. The first-order chi connectivity index (χ1) is 12.1. The fourth-order valence-corrected chi connectivity index (χ4v) is 1.89. The van der Waals surface area contributed by atoms with E-state index in [9.17, 15) is 9.59 Å². The van der Waals surface area contributed by atoms with Crippen LogP contribution in [0.15, 0.2) is 59.7 Å². The Kier molecular flexibility index (Phi) is 6.30. The highest BCUT2D eigenvalue weighted by molar-refractivity contribution is 5.89. The molecule has 2 aromatic carbocycles. The van der Waals surface area contributed by atoms with Gasteiger partial charge in [0, 0.05) is 6.08 Å². The lowest BCUT2D eigenvalue weighted by molar-refractivity contribution is -0.129. The van der Waals surface area contributed by atoms with Gasteiger partial charge < -0.3 is 15.2 Å². The number of nitrogens with two attached hydrogens (primary N) is 1. The smallest absolute Gasteiger partial charge is 0.336 e. The number of methoxy groups -OCH3 is 1. The topological polar surface area (TPSA) is 103 Å². The van der Waals surface area contributed by atoms with E-state index in [1.54, 1.807) is 24.3 Å². The Morgan fingerprint density at radius 3 is 2.52 bits per heavy atom. The van der Waals surface area contributed by atoms with Crippen LogP contribution in [-0.4, -0.2) is 25.3 Å². The molecule has 0 fully saturated rings. The van der Waals surface area contributed by atoms with Crippen LogP contribution in [0.2, 0.25) is 0 Å². The number of carbonyl (C=O) groups is 2. The predicted octanol–water partition coefficient (Wildman–Crippen LogP) is 2.32. The fraction of sp³-hybridized carbons (Fsp3) is 0.0556. The highest BCUT2D eigenvalue weighted by Gasteiger charge is 2.08. The molecule has 0 saturated heterocycles. The molecule has 0 aromatic heterocycles. The van der Waals surface area contributed by atoms with Crippen LogP contribution >= 0.6 is 0 Å². The van der Waals surface area contributed by atoms with E-state index in [0.29, 0.717) is 11.3 Å². The van der Waals surface area contributed by atoms with Crippen LogP contribution in [0.25, 0.3) is 6.08 Å². The van der Waals surface area contributed by atoms with Gasteiger partial charge in [0.1, 0.15) is 0 Å². The molecule has 0 bridgehead atoms. The second kappa shape index (κ2) is 8.88. The van der Waals surface area contributed by atoms with Gasteiger partial charge in [-0.2, -0.15) is 5.10 Å². The number of nitrogens with one attached hydrogen (secondary N) is 1. The van der Waals surface area contributed by atoms with Crippen LogP contribution in [0.4, 0.5) is 4.79 Å². The van der Waals surface area contributed by atoms with E-state index in [4.69, 9.17) is 15.2 Å². The summed E-state index contributed by atoms with van der Waals surface area (Å²) in [5.41, 5.74) is 8.51. The van der Waals surface area contributed by atoms with E-state index < -0.39 is 12.0 Å². The second-order valence-electron chi connectivity index (χ2n) is 4.81. The standard InChI is InChI=1S/C18H17N3O4/c1-24-16-11-14(12-20-21-18(19)23)7-9-15(16)25-17(22)10-8-13-5-3-2-4-6-13/h2-12H,1H3,(H3,19,21,23)/b10-8+,20-12-. The Hall–Kier alpha value is -3.61. The molecule has 0 unspecified atom stereocenters. The second-order valence-corrected chi connectivity index (χ2v) is 4.81. The lowest BCUT2D eigenvalue weighted by Crippen LogP contribution is -2.24. The van der Waals surface area contributed by atoms with Gasteiger partial charge in [0.25, 0.3) is 0 Å². The number of carbonyl (C=O) groups excluding carboxylic acids is 2. The maximum absolute atomic E-state index is 11.9. The first-order valence-corrected chi connectivity index (χ1v) is 7.30. The van der Waals surface area contributed by atoms with Crippen molar-refractivity contribution in [3.05, 3.63) is 65.7 Å². The molecule has 0 radical (unpaired) electrons. The summed E-state index contributed by atoms with van der Waals surface area (Å²) in [5.74, 6) is 0.0914. The summed E-state index contributed by atoms with van der Waals surface area (Å²) in [6, 6.07) is 13.5. The largest absolute Gasteiger partial charge is 0.493 e. The van der Waals surface area contributed by atoms with Crippen molar-refractivity contribution in [3.63, 3.8) is 0 Å². The molecule has 128 valence electrons. The van der Waals surface area contributed by atoms with Crippen LogP contribution in [-0.2, 0) is 4.79 Å². The number of esters is 1. The van der Waals surface area contributed by atoms with Crippen molar-refractivity contribution in [1.29, 1.82) is 0 Å². The Bertz CT molecular complexity index is 801. The minimum atomic E-state index is -0.765. The Balaban J connectivity index is 2.06. The van der Waals surface area contributed by atoms with E-state index in [-0.39, 0.29) is 5.75 Å². The average Bonchev–Trinajstić information content (AvgIpc) is 2.61. The summed E-state index contributed by atoms with van der Waals surface area (Å²) in [5, 5.41) is 3.65. The normalized spacial score (nSPS) is 10.8. The number of benzene rings is 2. The van der Waals surface area contributed by atoms with Crippen LogP contribution < -0.4 is 20.6 Å². The van der Waals surface area contributed by atoms with Crippen molar-refractivity contribution in [3.8, 4) is 11.5 Å². The number of hydrogen-bond donors (Lipinski definition) is 2. The van der Waals surface area contributed by atoms with Crippen LogP contribution in [0, 0.1) is 0 Å². The van der Waals surface area contributed by atoms with Gasteiger partial charge in [-0.3, -0.25) is 0 Å². The molecular weight excluding hydrogens is 322 g/mol. The molecule has 7 nitrogen and oxygen atoms in total. The molecule has 0 saturated carbocycles. The van der Waals surface area contributed by atoms with Crippen molar-refractivity contribution < 1.29 is 19.1 Å². The zero-order valence-corrected chi connectivity index (χ0v) is 13.5. The number of primary amides is 1. The van der Waals surface area contributed by atoms with Crippen molar-refractivity contribution >= 4 is 24.3 Å². The average molecular weight is 339 g/mol. The molecule has 0 aliphatic rings. The summed E-state index contributed by atoms with van der Waals surface area (Å²) in [6.07, 6.45) is 4.38. The Morgan fingerprint density at radius 1 is 1.08 bits per heavy atom. The summed E-state index contributed by atoms with van der Waals surface area (Å²) in [7, 11) is 1.45. The van der Waals surface area contributed by atoms with Crippen molar-refractivity contribution in [2.45, 2.75) is 0 Å². The number of hydrogen-bond acceptors (Lipinski definition) is 5. The summed E-state index contributed by atoms with van der Waals surface area (Å²) < 4.78 is 10.5. The van der Waals surface area contributed by atoms with Gasteiger partial charge in [0.15, 0.2) is 11.5 Å². The molecule has 2 rings (SSSR count). The third-order valence-electron chi connectivity index (χ3n) is 3.00. The van der Waals surface area contributed by atoms with Crippen LogP contribution in [0.5, 0.6) is 11.5 Å². The van der Waals surface area contributed by atoms with Gasteiger partial charge in [-0.25, -0.2) is 15.0 Å². The molecule has 7 heteroatoms. The molecule has 0 spiro atoms. The van der Waals surface area contributed by atoms with E-state index in [1.807, 2.05) is 30.3 Å². The molecular formula is C18H17N3O4. The van der Waals surface area contributed by atoms with E-state index in [2.05, 4.69) is 10.5 Å². The predicted molar refractivity (Wildman–Crippen MR) is 94.4 cm³/mol. The Labute approximate surface area is 144 Å². The maximum atomic E-state index is 11.9. The molecule has 3 N–H and O–H groups in total. The molecule has 25 heavy (non-hydrogen) atoms.